The molecule has 5 rings (SSSR count). The maximum atomic E-state index is 12.2. The van der Waals surface area contributed by atoms with Gasteiger partial charge in [-0.1, -0.05) is 6.42 Å². The molecule has 4 heterocycles. The van der Waals surface area contributed by atoms with Gasteiger partial charge in [0.05, 0.1) is 0 Å². The molecule has 0 unspecified atom stereocenters. The summed E-state index contributed by atoms with van der Waals surface area (Å²) in [4.78, 5) is 16.7. The van der Waals surface area contributed by atoms with Gasteiger partial charge in [0.15, 0.2) is 11.5 Å². The molecule has 1 aliphatic carbocycles. The molecule has 2 fully saturated rings. The molecule has 9 heteroatoms. The highest BCUT2D eigenvalue weighted by Crippen LogP contribution is 2.35. The monoisotopic (exact) mass is 380 g/mol. The Labute approximate surface area is 162 Å². The second-order valence-electron chi connectivity index (χ2n) is 7.91. The molecule has 0 amide bonds. The zero-order valence-electron chi connectivity index (χ0n) is 16.2. The molecule has 9 nitrogen and oxygen atoms in total. The van der Waals surface area contributed by atoms with Gasteiger partial charge in [0.25, 0.3) is 5.56 Å². The van der Waals surface area contributed by atoms with Crippen LogP contribution in [0.15, 0.2) is 29.2 Å². The molecule has 2 aliphatic rings. The summed E-state index contributed by atoms with van der Waals surface area (Å²) in [6, 6.07) is 6.21. The number of fused-ring (bicyclic) bond motifs is 1. The molecule has 1 saturated carbocycles. The van der Waals surface area contributed by atoms with Crippen molar-refractivity contribution < 1.29 is 0 Å². The predicted molar refractivity (Wildman–Crippen MR) is 104 cm³/mol. The SMILES string of the molecule is CN(Cc1ccnn(C)c1=O)C1CN(c2ccc3nnc(C4CCC4)n3n2)C1. The summed E-state index contributed by atoms with van der Waals surface area (Å²) in [5, 5.41) is 17.4. The van der Waals surface area contributed by atoms with E-state index in [9.17, 15) is 4.79 Å². The van der Waals surface area contributed by atoms with Crippen LogP contribution in [0.3, 0.4) is 0 Å². The molecule has 0 spiro atoms. The van der Waals surface area contributed by atoms with E-state index in [-0.39, 0.29) is 5.56 Å². The van der Waals surface area contributed by atoms with E-state index in [4.69, 9.17) is 5.10 Å². The average molecular weight is 380 g/mol. The van der Waals surface area contributed by atoms with Crippen molar-refractivity contribution in [3.05, 3.63) is 46.1 Å². The van der Waals surface area contributed by atoms with Gasteiger partial charge < -0.3 is 4.90 Å². The first-order valence-electron chi connectivity index (χ1n) is 9.79. The Hall–Kier alpha value is -2.81. The van der Waals surface area contributed by atoms with E-state index in [2.05, 4.69) is 32.1 Å². The van der Waals surface area contributed by atoms with Crippen LogP contribution >= 0.6 is 0 Å². The maximum absolute atomic E-state index is 12.2. The lowest BCUT2D eigenvalue weighted by Gasteiger charge is -2.44. The molecule has 1 saturated heterocycles. The summed E-state index contributed by atoms with van der Waals surface area (Å²) >= 11 is 0. The molecule has 3 aromatic heterocycles. The summed E-state index contributed by atoms with van der Waals surface area (Å²) in [5.41, 5.74) is 1.55. The molecule has 3 aromatic rings. The molecule has 0 atom stereocenters. The first-order valence-corrected chi connectivity index (χ1v) is 9.79. The lowest BCUT2D eigenvalue weighted by Crippen LogP contribution is -2.58. The predicted octanol–water partition coefficient (Wildman–Crippen LogP) is 0.806. The van der Waals surface area contributed by atoms with Crippen molar-refractivity contribution in [1.29, 1.82) is 0 Å². The quantitative estimate of drug-likeness (QED) is 0.647. The molecular weight excluding hydrogens is 356 g/mol. The van der Waals surface area contributed by atoms with E-state index in [1.165, 1.54) is 23.9 Å². The Morgan fingerprint density at radius 1 is 1.18 bits per heavy atom. The number of hydrogen-bond donors (Lipinski definition) is 0. The molecule has 0 aromatic carbocycles. The zero-order chi connectivity index (χ0) is 19.3. The van der Waals surface area contributed by atoms with Gasteiger partial charge in [-0.15, -0.1) is 15.3 Å². The fourth-order valence-corrected chi connectivity index (χ4v) is 3.88. The van der Waals surface area contributed by atoms with Gasteiger partial charge in [0, 0.05) is 50.4 Å². The fraction of sp³-hybridized carbons (Fsp3) is 0.526. The van der Waals surface area contributed by atoms with Gasteiger partial charge in [-0.2, -0.15) is 9.61 Å². The van der Waals surface area contributed by atoms with E-state index < -0.39 is 0 Å². The summed E-state index contributed by atoms with van der Waals surface area (Å²) in [7, 11) is 3.74. The van der Waals surface area contributed by atoms with Crippen LogP contribution in [0.25, 0.3) is 5.65 Å². The van der Waals surface area contributed by atoms with Gasteiger partial charge in [-0.05, 0) is 38.1 Å². The first-order chi connectivity index (χ1) is 13.6. The van der Waals surface area contributed by atoms with Gasteiger partial charge in [0.2, 0.25) is 0 Å². The van der Waals surface area contributed by atoms with Crippen LogP contribution in [0, 0.1) is 0 Å². The number of hydrogen-bond acceptors (Lipinski definition) is 7. The van der Waals surface area contributed by atoms with Crippen molar-refractivity contribution in [3.63, 3.8) is 0 Å². The van der Waals surface area contributed by atoms with Crippen LogP contribution in [0.5, 0.6) is 0 Å². The molecule has 0 N–H and O–H groups in total. The second-order valence-corrected chi connectivity index (χ2v) is 7.91. The third-order valence-electron chi connectivity index (χ3n) is 6.06. The molecule has 0 radical (unpaired) electrons. The normalized spacial score (nSPS) is 17.9. The Balaban J connectivity index is 1.27. The van der Waals surface area contributed by atoms with E-state index in [1.807, 2.05) is 16.6 Å². The minimum absolute atomic E-state index is 0.0335. The van der Waals surface area contributed by atoms with Gasteiger partial charge in [-0.25, -0.2) is 4.68 Å². The van der Waals surface area contributed by atoms with E-state index in [0.717, 1.165) is 35.9 Å². The number of likely N-dealkylation sites (N-methyl/N-ethyl adjacent to an activating group) is 1. The van der Waals surface area contributed by atoms with Crippen LogP contribution < -0.4 is 10.5 Å². The average Bonchev–Trinajstić information content (AvgIpc) is 2.99. The number of anilines is 1. The van der Waals surface area contributed by atoms with E-state index in [0.29, 0.717) is 18.5 Å². The number of aromatic nitrogens is 6. The van der Waals surface area contributed by atoms with Gasteiger partial charge in [0.1, 0.15) is 5.82 Å². The first kappa shape index (κ1) is 17.3. The van der Waals surface area contributed by atoms with Crippen LogP contribution in [0.1, 0.15) is 36.6 Å². The van der Waals surface area contributed by atoms with Crippen molar-refractivity contribution in [2.24, 2.45) is 7.05 Å². The molecule has 0 bridgehead atoms. The largest absolute Gasteiger partial charge is 0.352 e. The number of rotatable bonds is 5. The van der Waals surface area contributed by atoms with Crippen LogP contribution in [0.2, 0.25) is 0 Å². The van der Waals surface area contributed by atoms with Crippen LogP contribution in [0.4, 0.5) is 5.82 Å². The third kappa shape index (κ3) is 2.86. The van der Waals surface area contributed by atoms with Crippen LogP contribution in [-0.4, -0.2) is 60.7 Å². The maximum Gasteiger partial charge on any atom is 0.270 e. The second kappa shape index (κ2) is 6.66. The van der Waals surface area contributed by atoms with Gasteiger partial charge in [-0.3, -0.25) is 9.69 Å². The smallest absolute Gasteiger partial charge is 0.270 e. The summed E-state index contributed by atoms with van der Waals surface area (Å²) < 4.78 is 3.30. The standard InChI is InChI=1S/C19H24N8O/c1-24(10-14-8-9-20-25(2)19(14)28)15-11-26(12-15)17-7-6-16-21-22-18(27(16)23-17)13-4-3-5-13/h6-9,13,15H,3-5,10-12H2,1-2H3. The Kier molecular flexibility index (Phi) is 4.12. The highest BCUT2D eigenvalue weighted by molar-refractivity contribution is 5.48. The van der Waals surface area contributed by atoms with Crippen LogP contribution in [-0.2, 0) is 13.6 Å². The Morgan fingerprint density at radius 3 is 2.75 bits per heavy atom. The van der Waals surface area contributed by atoms with Crippen molar-refractivity contribution in [2.75, 3.05) is 25.0 Å². The molecule has 146 valence electrons. The number of nitrogens with zero attached hydrogens (tertiary/aromatic N) is 8. The molecular formula is C19H24N8O. The minimum Gasteiger partial charge on any atom is -0.352 e. The molecule has 1 aliphatic heterocycles. The lowest BCUT2D eigenvalue weighted by molar-refractivity contribution is 0.195. The minimum atomic E-state index is -0.0335. The molecule has 28 heavy (non-hydrogen) atoms. The summed E-state index contributed by atoms with van der Waals surface area (Å²) in [6.45, 7) is 2.40. The summed E-state index contributed by atoms with van der Waals surface area (Å²) in [6.07, 6.45) is 5.30. The number of aryl methyl sites for hydroxylation is 1. The van der Waals surface area contributed by atoms with E-state index >= 15 is 0 Å². The van der Waals surface area contributed by atoms with Crippen molar-refractivity contribution in [2.45, 2.75) is 37.8 Å². The Morgan fingerprint density at radius 2 is 2.00 bits per heavy atom. The van der Waals surface area contributed by atoms with Gasteiger partial charge >= 0.3 is 0 Å². The third-order valence-corrected chi connectivity index (χ3v) is 6.06. The fourth-order valence-electron chi connectivity index (χ4n) is 3.88. The van der Waals surface area contributed by atoms with Crippen molar-refractivity contribution in [3.8, 4) is 0 Å². The topological polar surface area (TPSA) is 84.5 Å². The van der Waals surface area contributed by atoms with Crippen molar-refractivity contribution in [1.82, 2.24) is 34.5 Å². The highest BCUT2D eigenvalue weighted by atomic mass is 16.1. The highest BCUT2D eigenvalue weighted by Gasteiger charge is 2.32. The van der Waals surface area contributed by atoms with E-state index in [1.54, 1.807) is 19.3 Å². The Bertz CT molecular complexity index is 1060. The summed E-state index contributed by atoms with van der Waals surface area (Å²) in [5.74, 6) is 2.44. The zero-order valence-corrected chi connectivity index (χ0v) is 16.2. The lowest BCUT2D eigenvalue weighted by atomic mass is 9.85. The van der Waals surface area contributed by atoms with Crippen molar-refractivity contribution >= 4 is 11.5 Å².